The topological polar surface area (TPSA) is 37.3 Å². The van der Waals surface area contributed by atoms with Crippen LogP contribution in [0.4, 0.5) is 0 Å². The van der Waals surface area contributed by atoms with Crippen LogP contribution in [0.15, 0.2) is 29.2 Å². The van der Waals surface area contributed by atoms with Crippen molar-refractivity contribution in [2.75, 3.05) is 0 Å². The Bertz CT molecular complexity index is 464. The Morgan fingerprint density at radius 1 is 1.26 bits per heavy atom. The molecule has 1 aromatic carbocycles. The van der Waals surface area contributed by atoms with E-state index in [4.69, 9.17) is 5.11 Å². The van der Waals surface area contributed by atoms with E-state index in [-0.39, 0.29) is 12.3 Å². The summed E-state index contributed by atoms with van der Waals surface area (Å²) in [5.41, 5.74) is 1.28. The van der Waals surface area contributed by atoms with Gasteiger partial charge >= 0.3 is 5.97 Å². The molecule has 2 aliphatic rings. The summed E-state index contributed by atoms with van der Waals surface area (Å²) in [7, 11) is 0. The summed E-state index contributed by atoms with van der Waals surface area (Å²) >= 11 is 1.96. The molecule has 2 saturated carbocycles. The van der Waals surface area contributed by atoms with Gasteiger partial charge in [-0.3, -0.25) is 4.79 Å². The first kappa shape index (κ1) is 13.0. The average molecular weight is 276 g/mol. The molecule has 0 saturated heterocycles. The van der Waals surface area contributed by atoms with E-state index < -0.39 is 5.97 Å². The largest absolute Gasteiger partial charge is 0.481 e. The summed E-state index contributed by atoms with van der Waals surface area (Å²) in [6.45, 7) is 0. The number of hydrogen-bond acceptors (Lipinski definition) is 2. The zero-order chi connectivity index (χ0) is 13.2. The van der Waals surface area contributed by atoms with Crippen LogP contribution in [0.25, 0.3) is 0 Å². The molecule has 0 bridgehead atoms. The number of hydrogen-bond donors (Lipinski definition) is 1. The normalized spacial score (nSPS) is 20.8. The lowest BCUT2D eigenvalue weighted by atomic mass is 9.91. The highest BCUT2D eigenvalue weighted by Gasteiger charge is 2.35. The number of benzene rings is 1. The van der Waals surface area contributed by atoms with E-state index in [1.165, 1.54) is 42.6 Å². The Balaban J connectivity index is 1.81. The highest BCUT2D eigenvalue weighted by molar-refractivity contribution is 8.00. The number of carboxylic acids is 1. The summed E-state index contributed by atoms with van der Waals surface area (Å²) in [6.07, 6.45) is 6.65. The molecule has 0 aromatic heterocycles. The number of aliphatic carboxylic acids is 1. The summed E-state index contributed by atoms with van der Waals surface area (Å²) in [6, 6.07) is 8.45. The average Bonchev–Trinajstić information content (AvgIpc) is 3.15. The molecule has 0 amide bonds. The summed E-state index contributed by atoms with van der Waals surface area (Å²) < 4.78 is 0. The molecule has 19 heavy (non-hydrogen) atoms. The molecule has 1 N–H and O–H groups in total. The standard InChI is InChI=1S/C16H20O2S/c17-16(18)10-14(11-8-9-11)13-6-1-2-7-15(13)19-12-4-3-5-12/h1-2,6-7,11-12,14H,3-5,8-10H2,(H,17,18). The van der Waals surface area contributed by atoms with Gasteiger partial charge in [-0.25, -0.2) is 0 Å². The van der Waals surface area contributed by atoms with E-state index in [9.17, 15) is 4.79 Å². The highest BCUT2D eigenvalue weighted by atomic mass is 32.2. The molecule has 1 atom stereocenters. The van der Waals surface area contributed by atoms with Gasteiger partial charge in [-0.15, -0.1) is 11.8 Å². The van der Waals surface area contributed by atoms with E-state index in [0.29, 0.717) is 5.92 Å². The Kier molecular flexibility index (Phi) is 3.83. The van der Waals surface area contributed by atoms with Crippen LogP contribution in [0.2, 0.25) is 0 Å². The number of carbonyl (C=O) groups is 1. The lowest BCUT2D eigenvalue weighted by Crippen LogP contribution is -2.14. The second-order valence-electron chi connectivity index (χ2n) is 5.75. The molecular formula is C16H20O2S. The number of thioether (sulfide) groups is 1. The molecular weight excluding hydrogens is 256 g/mol. The van der Waals surface area contributed by atoms with Crippen molar-refractivity contribution in [3.63, 3.8) is 0 Å². The van der Waals surface area contributed by atoms with Gasteiger partial charge in [-0.2, -0.15) is 0 Å². The van der Waals surface area contributed by atoms with Crippen LogP contribution < -0.4 is 0 Å². The Labute approximate surface area is 118 Å². The molecule has 1 unspecified atom stereocenters. The fraction of sp³-hybridized carbons (Fsp3) is 0.562. The second-order valence-corrected chi connectivity index (χ2v) is 7.09. The van der Waals surface area contributed by atoms with Gasteiger partial charge in [0.05, 0.1) is 6.42 Å². The first-order valence-electron chi connectivity index (χ1n) is 7.21. The van der Waals surface area contributed by atoms with E-state index in [2.05, 4.69) is 24.3 Å². The van der Waals surface area contributed by atoms with Gasteiger partial charge < -0.3 is 5.11 Å². The summed E-state index contributed by atoms with van der Waals surface area (Å²) in [5.74, 6) is 0.154. The predicted molar refractivity (Wildman–Crippen MR) is 77.7 cm³/mol. The molecule has 0 spiro atoms. The SMILES string of the molecule is O=C(O)CC(c1ccccc1SC1CCC1)C1CC1. The molecule has 3 heteroatoms. The lowest BCUT2D eigenvalue weighted by Gasteiger charge is -2.27. The van der Waals surface area contributed by atoms with Crippen LogP contribution >= 0.6 is 11.8 Å². The van der Waals surface area contributed by atoms with Gasteiger partial charge in [-0.1, -0.05) is 24.6 Å². The molecule has 2 aliphatic carbocycles. The third-order valence-corrected chi connectivity index (χ3v) is 5.68. The van der Waals surface area contributed by atoms with E-state index in [1.807, 2.05) is 11.8 Å². The maximum absolute atomic E-state index is 11.1. The quantitative estimate of drug-likeness (QED) is 0.841. The molecule has 0 heterocycles. The van der Waals surface area contributed by atoms with Crippen LogP contribution in [0, 0.1) is 5.92 Å². The monoisotopic (exact) mass is 276 g/mol. The fourth-order valence-electron chi connectivity index (χ4n) is 2.78. The Morgan fingerprint density at radius 2 is 2.00 bits per heavy atom. The van der Waals surface area contributed by atoms with Gasteiger partial charge in [0.2, 0.25) is 0 Å². The molecule has 0 radical (unpaired) electrons. The maximum Gasteiger partial charge on any atom is 0.303 e. The minimum absolute atomic E-state index is 0.223. The first-order valence-corrected chi connectivity index (χ1v) is 8.09. The van der Waals surface area contributed by atoms with Crippen LogP contribution in [0.3, 0.4) is 0 Å². The third kappa shape index (κ3) is 3.14. The fourth-order valence-corrected chi connectivity index (χ4v) is 4.22. The van der Waals surface area contributed by atoms with Crippen molar-refractivity contribution in [2.24, 2.45) is 5.92 Å². The molecule has 102 valence electrons. The molecule has 2 nitrogen and oxygen atoms in total. The zero-order valence-electron chi connectivity index (χ0n) is 11.0. The van der Waals surface area contributed by atoms with E-state index in [0.717, 1.165) is 5.25 Å². The van der Waals surface area contributed by atoms with Crippen molar-refractivity contribution in [3.8, 4) is 0 Å². The molecule has 2 fully saturated rings. The number of rotatable bonds is 6. The van der Waals surface area contributed by atoms with Crippen LogP contribution in [-0.2, 0) is 4.79 Å². The minimum atomic E-state index is -0.666. The van der Waals surface area contributed by atoms with Gasteiger partial charge in [0, 0.05) is 10.1 Å². The maximum atomic E-state index is 11.1. The van der Waals surface area contributed by atoms with Gasteiger partial charge in [0.25, 0.3) is 0 Å². The lowest BCUT2D eigenvalue weighted by molar-refractivity contribution is -0.137. The Hall–Kier alpha value is -0.960. The van der Waals surface area contributed by atoms with Gasteiger partial charge in [0.1, 0.15) is 0 Å². The van der Waals surface area contributed by atoms with Crippen molar-refractivity contribution in [2.45, 2.75) is 54.6 Å². The predicted octanol–water partition coefficient (Wildman–Crippen LogP) is 4.30. The van der Waals surface area contributed by atoms with Crippen LogP contribution in [-0.4, -0.2) is 16.3 Å². The van der Waals surface area contributed by atoms with Gasteiger partial charge in [-0.05, 0) is 49.1 Å². The van der Waals surface area contributed by atoms with E-state index in [1.54, 1.807) is 0 Å². The smallest absolute Gasteiger partial charge is 0.303 e. The van der Waals surface area contributed by atoms with Crippen LogP contribution in [0.5, 0.6) is 0 Å². The van der Waals surface area contributed by atoms with Gasteiger partial charge in [0.15, 0.2) is 0 Å². The summed E-state index contributed by atoms with van der Waals surface area (Å²) in [5, 5.41) is 9.90. The second kappa shape index (κ2) is 5.58. The van der Waals surface area contributed by atoms with Crippen LogP contribution in [0.1, 0.15) is 50.0 Å². The Morgan fingerprint density at radius 3 is 2.58 bits per heavy atom. The van der Waals surface area contributed by atoms with Crippen molar-refractivity contribution < 1.29 is 9.90 Å². The van der Waals surface area contributed by atoms with Crippen molar-refractivity contribution >= 4 is 17.7 Å². The van der Waals surface area contributed by atoms with Crippen molar-refractivity contribution in [1.29, 1.82) is 0 Å². The van der Waals surface area contributed by atoms with E-state index >= 15 is 0 Å². The molecule has 1 aromatic rings. The molecule has 0 aliphatic heterocycles. The first-order chi connectivity index (χ1) is 9.24. The number of carboxylic acid groups (broad SMARTS) is 1. The third-order valence-electron chi connectivity index (χ3n) is 4.25. The highest BCUT2D eigenvalue weighted by Crippen LogP contribution is 2.48. The van der Waals surface area contributed by atoms with Crippen molar-refractivity contribution in [1.82, 2.24) is 0 Å². The molecule has 3 rings (SSSR count). The minimum Gasteiger partial charge on any atom is -0.481 e. The summed E-state index contributed by atoms with van der Waals surface area (Å²) in [4.78, 5) is 12.4. The van der Waals surface area contributed by atoms with Crippen molar-refractivity contribution in [3.05, 3.63) is 29.8 Å². The zero-order valence-corrected chi connectivity index (χ0v) is 11.9.